The molecule has 0 saturated carbocycles. The van der Waals surface area contributed by atoms with Gasteiger partial charge in [-0.3, -0.25) is 0 Å². The number of nitrogens with two attached hydrogens (primary N) is 2. The minimum atomic E-state index is 0.723. The van der Waals surface area contributed by atoms with Gasteiger partial charge in [0, 0.05) is 45.2 Å². The lowest BCUT2D eigenvalue weighted by Crippen LogP contribution is -2.34. The molecule has 4 nitrogen and oxygen atoms in total. The predicted molar refractivity (Wildman–Crippen MR) is 97.9 cm³/mol. The summed E-state index contributed by atoms with van der Waals surface area (Å²) in [6, 6.07) is 8.93. The van der Waals surface area contributed by atoms with Crippen LogP contribution in [0, 0.1) is 0 Å². The summed E-state index contributed by atoms with van der Waals surface area (Å²) in [7, 11) is 0. The number of benzene rings is 2. The number of aromatic nitrogens is 2. The Morgan fingerprint density at radius 2 is 0.917 bits per heavy atom. The van der Waals surface area contributed by atoms with E-state index in [1.54, 1.807) is 0 Å². The minimum Gasteiger partial charge on any atom is -0.330 e. The van der Waals surface area contributed by atoms with Crippen LogP contribution in [0.1, 0.15) is 12.8 Å². The first-order chi connectivity index (χ1) is 11.8. The largest absolute Gasteiger partial charge is 0.330 e. The molecule has 0 radical (unpaired) electrons. The Balaban J connectivity index is 1.92. The Morgan fingerprint density at radius 1 is 0.583 bits per heavy atom. The molecule has 0 bridgehead atoms. The fourth-order valence-electron chi connectivity index (χ4n) is 3.63. The van der Waals surface area contributed by atoms with Gasteiger partial charge in [-0.2, -0.15) is 0 Å². The molecule has 2 heterocycles. The first-order valence-electron chi connectivity index (χ1n) is 8.71. The Kier molecular flexibility index (Phi) is 4.00. The Hall–Kier alpha value is -2.30. The van der Waals surface area contributed by atoms with Gasteiger partial charge in [-0.1, -0.05) is 0 Å². The molecule has 0 aliphatic rings. The van der Waals surface area contributed by atoms with Crippen molar-refractivity contribution in [3.05, 3.63) is 49.1 Å². The number of pyridine rings is 2. The topological polar surface area (TPSA) is 59.8 Å². The van der Waals surface area contributed by atoms with E-state index in [1.165, 1.54) is 32.3 Å². The van der Waals surface area contributed by atoms with Gasteiger partial charge in [-0.25, -0.2) is 9.13 Å². The number of rotatable bonds is 6. The van der Waals surface area contributed by atoms with Crippen molar-refractivity contribution in [2.24, 2.45) is 11.5 Å². The number of nitrogens with zero attached hydrogens (tertiary/aromatic N) is 2. The van der Waals surface area contributed by atoms with Crippen molar-refractivity contribution in [1.29, 1.82) is 0 Å². The van der Waals surface area contributed by atoms with Gasteiger partial charge in [0.2, 0.25) is 0 Å². The Labute approximate surface area is 141 Å². The zero-order valence-corrected chi connectivity index (χ0v) is 13.9. The average molecular weight is 320 g/mol. The lowest BCUT2D eigenvalue weighted by Gasteiger charge is -2.09. The maximum absolute atomic E-state index is 5.65. The molecule has 2 aromatic heterocycles. The summed E-state index contributed by atoms with van der Waals surface area (Å²) in [4.78, 5) is 0. The van der Waals surface area contributed by atoms with E-state index >= 15 is 0 Å². The molecule has 24 heavy (non-hydrogen) atoms. The highest BCUT2D eigenvalue weighted by Crippen LogP contribution is 2.32. The van der Waals surface area contributed by atoms with Crippen molar-refractivity contribution >= 4 is 32.3 Å². The van der Waals surface area contributed by atoms with Crippen molar-refractivity contribution in [1.82, 2.24) is 0 Å². The van der Waals surface area contributed by atoms with Crippen LogP contribution in [0.4, 0.5) is 0 Å². The van der Waals surface area contributed by atoms with Crippen molar-refractivity contribution in [2.75, 3.05) is 13.1 Å². The van der Waals surface area contributed by atoms with Gasteiger partial charge in [0.25, 0.3) is 0 Å². The highest BCUT2D eigenvalue weighted by Gasteiger charge is 2.16. The highest BCUT2D eigenvalue weighted by atomic mass is 14.9. The lowest BCUT2D eigenvalue weighted by atomic mass is 9.97. The van der Waals surface area contributed by atoms with E-state index in [9.17, 15) is 0 Å². The molecule has 0 aliphatic heterocycles. The zero-order chi connectivity index (χ0) is 16.5. The van der Waals surface area contributed by atoms with Crippen LogP contribution in [0.15, 0.2) is 49.1 Å². The molecule has 0 spiro atoms. The molecule has 0 saturated heterocycles. The van der Waals surface area contributed by atoms with Crippen LogP contribution in [0.2, 0.25) is 0 Å². The van der Waals surface area contributed by atoms with Crippen molar-refractivity contribution in [3.8, 4) is 0 Å². The molecular weight excluding hydrogens is 296 g/mol. The van der Waals surface area contributed by atoms with Crippen LogP contribution >= 0.6 is 0 Å². The number of aryl methyl sites for hydroxylation is 2. The molecule has 0 atom stereocenters. The Morgan fingerprint density at radius 3 is 1.21 bits per heavy atom. The first-order valence-corrected chi connectivity index (χ1v) is 8.71. The fraction of sp³-hybridized carbons (Fsp3) is 0.300. The normalized spacial score (nSPS) is 11.9. The molecule has 2 aromatic carbocycles. The van der Waals surface area contributed by atoms with Crippen molar-refractivity contribution < 1.29 is 9.13 Å². The van der Waals surface area contributed by atoms with Crippen molar-refractivity contribution in [3.63, 3.8) is 0 Å². The van der Waals surface area contributed by atoms with E-state index in [1.807, 2.05) is 0 Å². The first kappa shape index (κ1) is 15.2. The summed E-state index contributed by atoms with van der Waals surface area (Å²) in [6.45, 7) is 3.37. The molecule has 4 rings (SSSR count). The van der Waals surface area contributed by atoms with E-state index in [2.05, 4.69) is 58.2 Å². The fourth-order valence-corrected chi connectivity index (χ4v) is 3.63. The standard InChI is InChI=1S/C20H24N4/c21-7-1-9-23-11-15-3-5-17-13-24(10-2-8-22)14-18-6-4-16(12-23)19(15)20(17)18/h3-6,11-14H,1-2,7-10,21-22H2/q+2. The molecular formula is C20H24N4+2. The summed E-state index contributed by atoms with van der Waals surface area (Å²) in [5, 5.41) is 7.90. The molecule has 0 fully saturated rings. The lowest BCUT2D eigenvalue weighted by molar-refractivity contribution is -0.694. The summed E-state index contributed by atoms with van der Waals surface area (Å²) in [5.41, 5.74) is 11.3. The number of hydrogen-bond acceptors (Lipinski definition) is 2. The summed E-state index contributed by atoms with van der Waals surface area (Å²) in [5.74, 6) is 0. The molecule has 4 N–H and O–H groups in total. The van der Waals surface area contributed by atoms with Crippen LogP contribution in [0.25, 0.3) is 32.3 Å². The average Bonchev–Trinajstić information content (AvgIpc) is 2.62. The van der Waals surface area contributed by atoms with Crippen LogP contribution < -0.4 is 20.6 Å². The SMILES string of the molecule is NCCC[n+]1cc2ccc3c[n+](CCCN)cc4ccc(c1)c2c34. The quantitative estimate of drug-likeness (QED) is 0.421. The smallest absolute Gasteiger partial charge is 0.176 e. The van der Waals surface area contributed by atoms with E-state index in [0.29, 0.717) is 0 Å². The molecule has 0 aliphatic carbocycles. The molecule has 0 unspecified atom stereocenters. The maximum atomic E-state index is 5.65. The molecule has 4 aromatic rings. The monoisotopic (exact) mass is 320 g/mol. The molecule has 122 valence electrons. The second-order valence-corrected chi connectivity index (χ2v) is 6.51. The van der Waals surface area contributed by atoms with Gasteiger partial charge < -0.3 is 11.5 Å². The van der Waals surface area contributed by atoms with E-state index in [4.69, 9.17) is 11.5 Å². The van der Waals surface area contributed by atoms with Gasteiger partial charge in [0.15, 0.2) is 24.8 Å². The molecule has 4 heteroatoms. The highest BCUT2D eigenvalue weighted by molar-refractivity contribution is 6.21. The Bertz CT molecular complexity index is 845. The zero-order valence-electron chi connectivity index (χ0n) is 13.9. The van der Waals surface area contributed by atoms with Crippen molar-refractivity contribution in [2.45, 2.75) is 25.9 Å². The van der Waals surface area contributed by atoms with E-state index in [0.717, 1.165) is 39.0 Å². The minimum absolute atomic E-state index is 0.723. The third-order valence-corrected chi connectivity index (χ3v) is 4.75. The van der Waals surface area contributed by atoms with Crippen LogP contribution in [0.5, 0.6) is 0 Å². The third-order valence-electron chi connectivity index (χ3n) is 4.75. The van der Waals surface area contributed by atoms with Crippen LogP contribution in [-0.2, 0) is 13.1 Å². The van der Waals surface area contributed by atoms with E-state index in [-0.39, 0.29) is 0 Å². The third kappa shape index (κ3) is 2.58. The summed E-state index contributed by atoms with van der Waals surface area (Å²) < 4.78 is 4.52. The summed E-state index contributed by atoms with van der Waals surface area (Å²) in [6.07, 6.45) is 11.0. The van der Waals surface area contributed by atoms with Gasteiger partial charge >= 0.3 is 0 Å². The van der Waals surface area contributed by atoms with Gasteiger partial charge in [0.1, 0.15) is 13.1 Å². The van der Waals surface area contributed by atoms with E-state index < -0.39 is 0 Å². The van der Waals surface area contributed by atoms with Crippen LogP contribution in [0.3, 0.4) is 0 Å². The predicted octanol–water partition coefficient (Wildman–Crippen LogP) is 1.86. The second-order valence-electron chi connectivity index (χ2n) is 6.51. The van der Waals surface area contributed by atoms with Gasteiger partial charge in [0.05, 0.1) is 0 Å². The number of hydrogen-bond donors (Lipinski definition) is 2. The van der Waals surface area contributed by atoms with Gasteiger partial charge in [-0.05, 0) is 37.4 Å². The maximum Gasteiger partial charge on any atom is 0.176 e. The van der Waals surface area contributed by atoms with Crippen LogP contribution in [-0.4, -0.2) is 13.1 Å². The molecule has 0 amide bonds. The van der Waals surface area contributed by atoms with Gasteiger partial charge in [-0.15, -0.1) is 0 Å². The second kappa shape index (κ2) is 6.30. The summed E-state index contributed by atoms with van der Waals surface area (Å²) >= 11 is 0.